The highest BCUT2D eigenvalue weighted by Gasteiger charge is 2.12. The summed E-state index contributed by atoms with van der Waals surface area (Å²) >= 11 is 0. The number of carbonyl (C=O) groups excluding carboxylic acids is 1. The van der Waals surface area contributed by atoms with E-state index in [1.807, 2.05) is 38.1 Å². The summed E-state index contributed by atoms with van der Waals surface area (Å²) in [6.45, 7) is 11.7. The van der Waals surface area contributed by atoms with Crippen LogP contribution in [-0.4, -0.2) is 17.1 Å². The molecule has 1 aromatic carbocycles. The third-order valence-corrected chi connectivity index (χ3v) is 4.95. The quantitative estimate of drug-likeness (QED) is 0.264. The summed E-state index contributed by atoms with van der Waals surface area (Å²) in [4.78, 5) is 14.8. The van der Waals surface area contributed by atoms with Gasteiger partial charge in [0.15, 0.2) is 0 Å². The topological polar surface area (TPSA) is 42.1 Å². The van der Waals surface area contributed by atoms with Gasteiger partial charge in [0.05, 0.1) is 5.69 Å². The van der Waals surface area contributed by atoms with E-state index in [1.54, 1.807) is 0 Å². The molecule has 0 aliphatic heterocycles. The van der Waals surface area contributed by atoms with Crippen LogP contribution in [0, 0.1) is 0 Å². The average molecular weight is 392 g/mol. The SMILES string of the molecule is C=C(/C=C\C(=C/C)C(C)OC(C)=O)c1[nH]c2ccccc2c1/C=C\CCCCC. The predicted octanol–water partition coefficient (Wildman–Crippen LogP) is 7.23. The normalized spacial score (nSPS) is 13.4. The van der Waals surface area contributed by atoms with E-state index >= 15 is 0 Å². The second-order valence-electron chi connectivity index (χ2n) is 7.26. The fourth-order valence-corrected chi connectivity index (χ4v) is 3.37. The third kappa shape index (κ3) is 6.35. The lowest BCUT2D eigenvalue weighted by molar-refractivity contribution is -0.143. The third-order valence-electron chi connectivity index (χ3n) is 4.95. The van der Waals surface area contributed by atoms with E-state index in [9.17, 15) is 4.79 Å². The fourth-order valence-electron chi connectivity index (χ4n) is 3.37. The van der Waals surface area contributed by atoms with E-state index in [2.05, 4.69) is 48.8 Å². The Labute approximate surface area is 174 Å². The Balaban J connectivity index is 2.28. The van der Waals surface area contributed by atoms with Crippen molar-refractivity contribution < 1.29 is 9.53 Å². The largest absolute Gasteiger partial charge is 0.458 e. The number of allylic oxidation sites excluding steroid dienone is 4. The second kappa shape index (κ2) is 11.3. The van der Waals surface area contributed by atoms with Crippen LogP contribution in [0.1, 0.15) is 64.6 Å². The van der Waals surface area contributed by atoms with Gasteiger partial charge >= 0.3 is 5.97 Å². The van der Waals surface area contributed by atoms with E-state index in [0.29, 0.717) is 0 Å². The van der Waals surface area contributed by atoms with Crippen LogP contribution < -0.4 is 0 Å². The number of rotatable bonds is 10. The standard InChI is InChI=1S/C26H33NO2/c1-6-8-9-10-11-15-24-23-14-12-13-16-25(23)27-26(24)19(3)17-18-22(7-2)20(4)29-21(5)28/h7,11-18,20,27H,3,6,8-10H2,1-2,4-5H3/b15-11-,18-17-,22-7+. The zero-order valence-corrected chi connectivity index (χ0v) is 18.1. The van der Waals surface area contributed by atoms with Crippen molar-refractivity contribution >= 4 is 28.5 Å². The van der Waals surface area contributed by atoms with E-state index in [1.165, 1.54) is 37.1 Å². The molecule has 0 bridgehead atoms. The molecule has 1 aromatic heterocycles. The van der Waals surface area contributed by atoms with E-state index in [0.717, 1.165) is 28.8 Å². The molecule has 0 amide bonds. The Morgan fingerprint density at radius 2 is 2.00 bits per heavy atom. The molecule has 3 heteroatoms. The number of ether oxygens (including phenoxy) is 1. The van der Waals surface area contributed by atoms with Gasteiger partial charge < -0.3 is 9.72 Å². The van der Waals surface area contributed by atoms with Crippen LogP contribution >= 0.6 is 0 Å². The van der Waals surface area contributed by atoms with Crippen LogP contribution in [0.3, 0.4) is 0 Å². The van der Waals surface area contributed by atoms with Crippen LogP contribution in [0.25, 0.3) is 22.6 Å². The van der Waals surface area contributed by atoms with Gasteiger partial charge in [-0.3, -0.25) is 4.79 Å². The van der Waals surface area contributed by atoms with Gasteiger partial charge in [-0.25, -0.2) is 0 Å². The van der Waals surface area contributed by atoms with Crippen molar-refractivity contribution in [3.63, 3.8) is 0 Å². The van der Waals surface area contributed by atoms with Gasteiger partial charge in [0.2, 0.25) is 0 Å². The van der Waals surface area contributed by atoms with Gasteiger partial charge in [-0.15, -0.1) is 0 Å². The zero-order chi connectivity index (χ0) is 21.2. The first-order valence-electron chi connectivity index (χ1n) is 10.5. The van der Waals surface area contributed by atoms with Crippen LogP contribution in [0.2, 0.25) is 0 Å². The molecule has 0 fully saturated rings. The predicted molar refractivity (Wildman–Crippen MR) is 125 cm³/mol. The van der Waals surface area contributed by atoms with Crippen molar-refractivity contribution in [1.82, 2.24) is 4.98 Å². The molecule has 0 saturated carbocycles. The Hall–Kier alpha value is -2.81. The number of hydrogen-bond acceptors (Lipinski definition) is 2. The summed E-state index contributed by atoms with van der Waals surface area (Å²) in [5, 5.41) is 1.20. The molecule has 1 atom stereocenters. The van der Waals surface area contributed by atoms with Gasteiger partial charge in [0.1, 0.15) is 6.10 Å². The molecule has 0 aliphatic rings. The molecular formula is C26H33NO2. The fraction of sp³-hybridized carbons (Fsp3) is 0.346. The number of hydrogen-bond donors (Lipinski definition) is 1. The van der Waals surface area contributed by atoms with Crippen LogP contribution in [0.15, 0.2) is 60.7 Å². The Kier molecular flexibility index (Phi) is 8.72. The maximum absolute atomic E-state index is 11.2. The van der Waals surface area contributed by atoms with Crippen LogP contribution in [0.5, 0.6) is 0 Å². The summed E-state index contributed by atoms with van der Waals surface area (Å²) in [5.41, 5.74) is 5.12. The van der Waals surface area contributed by atoms with Crippen LogP contribution in [-0.2, 0) is 9.53 Å². The smallest absolute Gasteiger partial charge is 0.303 e. The molecule has 1 N–H and O–H groups in total. The first-order valence-corrected chi connectivity index (χ1v) is 10.5. The number of nitrogens with one attached hydrogen (secondary N) is 1. The van der Waals surface area contributed by atoms with E-state index < -0.39 is 0 Å². The van der Waals surface area contributed by atoms with Crippen molar-refractivity contribution in [3.05, 3.63) is 72.0 Å². The summed E-state index contributed by atoms with van der Waals surface area (Å²) < 4.78 is 5.29. The highest BCUT2D eigenvalue weighted by atomic mass is 16.5. The summed E-state index contributed by atoms with van der Waals surface area (Å²) in [6.07, 6.45) is 14.9. The number of carbonyl (C=O) groups is 1. The van der Waals surface area contributed by atoms with Crippen molar-refractivity contribution in [2.75, 3.05) is 0 Å². The van der Waals surface area contributed by atoms with Crippen molar-refractivity contribution in [2.45, 2.75) is 59.5 Å². The maximum atomic E-state index is 11.2. The minimum absolute atomic E-state index is 0.282. The summed E-state index contributed by atoms with van der Waals surface area (Å²) in [5.74, 6) is -0.282. The number of aromatic amines is 1. The first-order chi connectivity index (χ1) is 14.0. The van der Waals surface area contributed by atoms with Crippen molar-refractivity contribution in [3.8, 4) is 0 Å². The number of unbranched alkanes of at least 4 members (excludes halogenated alkanes) is 3. The number of aromatic nitrogens is 1. The molecule has 29 heavy (non-hydrogen) atoms. The monoisotopic (exact) mass is 391 g/mol. The van der Waals surface area contributed by atoms with Gasteiger partial charge in [-0.1, -0.05) is 74.9 Å². The average Bonchev–Trinajstić information content (AvgIpc) is 3.06. The first kappa shape index (κ1) is 22.5. The van der Waals surface area contributed by atoms with Gasteiger partial charge in [-0.05, 0) is 43.9 Å². The van der Waals surface area contributed by atoms with E-state index in [4.69, 9.17) is 4.74 Å². The Bertz CT molecular complexity index is 927. The lowest BCUT2D eigenvalue weighted by Gasteiger charge is -2.12. The number of esters is 1. The lowest BCUT2D eigenvalue weighted by atomic mass is 10.0. The van der Waals surface area contributed by atoms with Gasteiger partial charge in [-0.2, -0.15) is 0 Å². The molecule has 2 rings (SSSR count). The molecule has 0 saturated heterocycles. The van der Waals surface area contributed by atoms with Gasteiger partial charge in [0.25, 0.3) is 0 Å². The molecule has 0 radical (unpaired) electrons. The summed E-state index contributed by atoms with van der Waals surface area (Å²) in [6, 6.07) is 8.32. The molecule has 0 spiro atoms. The second-order valence-corrected chi connectivity index (χ2v) is 7.26. The van der Waals surface area contributed by atoms with Crippen LogP contribution in [0.4, 0.5) is 0 Å². The van der Waals surface area contributed by atoms with Crippen molar-refractivity contribution in [2.24, 2.45) is 0 Å². The molecule has 0 aliphatic carbocycles. The number of H-pyrrole nitrogens is 1. The van der Waals surface area contributed by atoms with Crippen molar-refractivity contribution in [1.29, 1.82) is 0 Å². The number of para-hydroxylation sites is 1. The highest BCUT2D eigenvalue weighted by Crippen LogP contribution is 2.29. The highest BCUT2D eigenvalue weighted by molar-refractivity contribution is 5.96. The molecular weight excluding hydrogens is 358 g/mol. The molecule has 3 nitrogen and oxygen atoms in total. The number of fused-ring (bicyclic) bond motifs is 1. The Morgan fingerprint density at radius 1 is 1.24 bits per heavy atom. The maximum Gasteiger partial charge on any atom is 0.303 e. The number of benzene rings is 1. The molecule has 1 heterocycles. The lowest BCUT2D eigenvalue weighted by Crippen LogP contribution is -2.13. The summed E-state index contributed by atoms with van der Waals surface area (Å²) in [7, 11) is 0. The van der Waals surface area contributed by atoms with E-state index in [-0.39, 0.29) is 12.1 Å². The molecule has 154 valence electrons. The minimum Gasteiger partial charge on any atom is -0.458 e. The molecule has 2 aromatic rings. The Morgan fingerprint density at radius 3 is 2.69 bits per heavy atom. The minimum atomic E-state index is -0.290. The molecule has 1 unspecified atom stereocenters. The zero-order valence-electron chi connectivity index (χ0n) is 18.1. The van der Waals surface area contributed by atoms with Gasteiger partial charge in [0, 0.05) is 23.4 Å².